The van der Waals surface area contributed by atoms with E-state index < -0.39 is 0 Å². The second kappa shape index (κ2) is 7.64. The van der Waals surface area contributed by atoms with Gasteiger partial charge in [-0.15, -0.1) is 0 Å². The highest BCUT2D eigenvalue weighted by Crippen LogP contribution is 1.84. The predicted octanol–water partition coefficient (Wildman–Crippen LogP) is 0.592. The fourth-order valence-corrected chi connectivity index (χ4v) is 1.16. The molecule has 88 valence electrons. The van der Waals surface area contributed by atoms with Crippen LogP contribution in [-0.4, -0.2) is 35.2 Å². The van der Waals surface area contributed by atoms with Crippen molar-refractivity contribution >= 4 is 5.97 Å². The van der Waals surface area contributed by atoms with Crippen LogP contribution >= 0.6 is 0 Å². The zero-order valence-electron chi connectivity index (χ0n) is 9.43. The molecule has 0 saturated heterocycles. The minimum atomic E-state index is -0.293. The second-order valence-electron chi connectivity index (χ2n) is 3.16. The second-order valence-corrected chi connectivity index (χ2v) is 3.16. The van der Waals surface area contributed by atoms with E-state index >= 15 is 0 Å². The van der Waals surface area contributed by atoms with Crippen molar-refractivity contribution in [2.45, 2.75) is 13.5 Å². The fourth-order valence-electron chi connectivity index (χ4n) is 1.16. The van der Waals surface area contributed by atoms with Crippen LogP contribution in [0.15, 0.2) is 30.9 Å². The van der Waals surface area contributed by atoms with Gasteiger partial charge in [0.1, 0.15) is 0 Å². The van der Waals surface area contributed by atoms with E-state index in [2.05, 4.69) is 10.3 Å². The fraction of sp³-hybridized carbons (Fsp3) is 0.455. The average Bonchev–Trinajstić information content (AvgIpc) is 2.76. The maximum atomic E-state index is 10.9. The molecule has 16 heavy (non-hydrogen) atoms. The topological polar surface area (TPSA) is 56.1 Å². The van der Waals surface area contributed by atoms with Crippen LogP contribution in [0.3, 0.4) is 0 Å². The van der Waals surface area contributed by atoms with Crippen molar-refractivity contribution in [2.75, 3.05) is 19.7 Å². The SMILES string of the molecule is CCOC(=O)/C=C/CNCCn1ccnc1. The summed E-state index contributed by atoms with van der Waals surface area (Å²) in [6, 6.07) is 0. The quantitative estimate of drug-likeness (QED) is 0.417. The van der Waals surface area contributed by atoms with E-state index in [1.54, 1.807) is 25.5 Å². The van der Waals surface area contributed by atoms with Crippen molar-refractivity contribution in [2.24, 2.45) is 0 Å². The maximum Gasteiger partial charge on any atom is 0.330 e. The standard InChI is InChI=1S/C11H17N3O2/c1-2-16-11(15)4-3-5-12-6-8-14-9-7-13-10-14/h3-4,7,9-10,12H,2,5-6,8H2,1H3/b4-3+. The summed E-state index contributed by atoms with van der Waals surface area (Å²) in [6.07, 6.45) is 8.63. The Labute approximate surface area is 95.1 Å². The number of imidazole rings is 1. The van der Waals surface area contributed by atoms with Crippen LogP contribution in [-0.2, 0) is 16.1 Å². The highest BCUT2D eigenvalue weighted by atomic mass is 16.5. The van der Waals surface area contributed by atoms with Crippen LogP contribution in [0.1, 0.15) is 6.92 Å². The molecule has 1 heterocycles. The first-order valence-electron chi connectivity index (χ1n) is 5.32. The third-order valence-electron chi connectivity index (χ3n) is 1.91. The van der Waals surface area contributed by atoms with Gasteiger partial charge < -0.3 is 14.6 Å². The molecule has 0 aromatic carbocycles. The number of carbonyl (C=O) groups excluding carboxylic acids is 1. The molecule has 0 spiro atoms. The van der Waals surface area contributed by atoms with Gasteiger partial charge in [-0.1, -0.05) is 6.08 Å². The van der Waals surface area contributed by atoms with E-state index in [0.29, 0.717) is 13.2 Å². The van der Waals surface area contributed by atoms with Crippen LogP contribution in [0.25, 0.3) is 0 Å². The van der Waals surface area contributed by atoms with Gasteiger partial charge in [-0.05, 0) is 6.92 Å². The van der Waals surface area contributed by atoms with Crippen LogP contribution in [0.2, 0.25) is 0 Å². The summed E-state index contributed by atoms with van der Waals surface area (Å²) in [5.41, 5.74) is 0. The van der Waals surface area contributed by atoms with E-state index in [-0.39, 0.29) is 5.97 Å². The number of aromatic nitrogens is 2. The lowest BCUT2D eigenvalue weighted by molar-refractivity contribution is -0.137. The monoisotopic (exact) mass is 223 g/mol. The third kappa shape index (κ3) is 5.31. The van der Waals surface area contributed by atoms with Gasteiger partial charge in [0.2, 0.25) is 0 Å². The van der Waals surface area contributed by atoms with E-state index in [4.69, 9.17) is 4.74 Å². The van der Waals surface area contributed by atoms with E-state index in [9.17, 15) is 4.79 Å². The molecule has 0 atom stereocenters. The molecule has 0 aliphatic heterocycles. The van der Waals surface area contributed by atoms with Gasteiger partial charge in [0.05, 0.1) is 12.9 Å². The molecule has 0 unspecified atom stereocenters. The molecule has 0 fully saturated rings. The molecule has 1 rings (SSSR count). The van der Waals surface area contributed by atoms with E-state index in [1.165, 1.54) is 6.08 Å². The van der Waals surface area contributed by atoms with Gasteiger partial charge in [0.25, 0.3) is 0 Å². The number of nitrogens with zero attached hydrogens (tertiary/aromatic N) is 2. The summed E-state index contributed by atoms with van der Waals surface area (Å²) in [7, 11) is 0. The summed E-state index contributed by atoms with van der Waals surface area (Å²) in [5.74, 6) is -0.293. The molecule has 0 radical (unpaired) electrons. The highest BCUT2D eigenvalue weighted by Gasteiger charge is 1.92. The van der Waals surface area contributed by atoms with Gasteiger partial charge >= 0.3 is 5.97 Å². The Balaban J connectivity index is 2.01. The number of rotatable bonds is 7. The Morgan fingerprint density at radius 1 is 1.62 bits per heavy atom. The molecule has 5 heteroatoms. The maximum absolute atomic E-state index is 10.9. The Morgan fingerprint density at radius 3 is 3.19 bits per heavy atom. The number of nitrogens with one attached hydrogen (secondary N) is 1. The first-order valence-corrected chi connectivity index (χ1v) is 5.32. The molecular formula is C11H17N3O2. The molecule has 5 nitrogen and oxygen atoms in total. The summed E-state index contributed by atoms with van der Waals surface area (Å²) < 4.78 is 6.73. The Morgan fingerprint density at radius 2 is 2.50 bits per heavy atom. The zero-order valence-corrected chi connectivity index (χ0v) is 9.43. The highest BCUT2D eigenvalue weighted by molar-refractivity contribution is 5.81. The summed E-state index contributed by atoms with van der Waals surface area (Å²) in [6.45, 7) is 4.57. The van der Waals surface area contributed by atoms with Crippen molar-refractivity contribution < 1.29 is 9.53 Å². The third-order valence-corrected chi connectivity index (χ3v) is 1.91. The van der Waals surface area contributed by atoms with Gasteiger partial charge in [0.15, 0.2) is 0 Å². The number of ether oxygens (including phenoxy) is 1. The molecule has 1 aromatic heterocycles. The lowest BCUT2D eigenvalue weighted by Gasteiger charge is -2.02. The first kappa shape index (κ1) is 12.4. The molecule has 0 aliphatic rings. The van der Waals surface area contributed by atoms with Crippen molar-refractivity contribution in [3.63, 3.8) is 0 Å². The van der Waals surface area contributed by atoms with Gasteiger partial charge in [0, 0.05) is 38.1 Å². The van der Waals surface area contributed by atoms with Gasteiger partial charge in [-0.3, -0.25) is 0 Å². The van der Waals surface area contributed by atoms with Crippen molar-refractivity contribution in [1.82, 2.24) is 14.9 Å². The number of esters is 1. The van der Waals surface area contributed by atoms with Crippen LogP contribution in [0.5, 0.6) is 0 Å². The Kier molecular flexibility index (Phi) is 5.95. The summed E-state index contributed by atoms with van der Waals surface area (Å²) in [5, 5.41) is 3.18. The van der Waals surface area contributed by atoms with E-state index in [1.807, 2.05) is 10.8 Å². The minimum absolute atomic E-state index is 0.293. The van der Waals surface area contributed by atoms with Crippen LogP contribution in [0.4, 0.5) is 0 Å². The van der Waals surface area contributed by atoms with Crippen molar-refractivity contribution in [3.05, 3.63) is 30.9 Å². The van der Waals surface area contributed by atoms with Crippen LogP contribution in [0, 0.1) is 0 Å². The average molecular weight is 223 g/mol. The normalized spacial score (nSPS) is 10.8. The Bertz CT molecular complexity index is 320. The molecule has 1 aromatic rings. The first-order chi connectivity index (χ1) is 7.83. The molecule has 1 N–H and O–H groups in total. The lowest BCUT2D eigenvalue weighted by atomic mass is 10.4. The van der Waals surface area contributed by atoms with E-state index in [0.717, 1.165) is 13.1 Å². The predicted molar refractivity (Wildman–Crippen MR) is 60.9 cm³/mol. The summed E-state index contributed by atoms with van der Waals surface area (Å²) in [4.78, 5) is 14.9. The molecular weight excluding hydrogens is 206 g/mol. The number of hydrogen-bond donors (Lipinski definition) is 1. The molecule has 0 bridgehead atoms. The summed E-state index contributed by atoms with van der Waals surface area (Å²) >= 11 is 0. The number of carbonyl (C=O) groups is 1. The minimum Gasteiger partial charge on any atom is -0.463 e. The van der Waals surface area contributed by atoms with Gasteiger partial charge in [-0.2, -0.15) is 0 Å². The number of hydrogen-bond acceptors (Lipinski definition) is 4. The smallest absolute Gasteiger partial charge is 0.330 e. The lowest BCUT2D eigenvalue weighted by Crippen LogP contribution is -2.19. The van der Waals surface area contributed by atoms with Crippen molar-refractivity contribution in [3.8, 4) is 0 Å². The van der Waals surface area contributed by atoms with Crippen molar-refractivity contribution in [1.29, 1.82) is 0 Å². The Hall–Kier alpha value is -1.62. The zero-order chi connectivity index (χ0) is 11.6. The molecule has 0 saturated carbocycles. The largest absolute Gasteiger partial charge is 0.463 e. The van der Waals surface area contributed by atoms with Gasteiger partial charge in [-0.25, -0.2) is 9.78 Å². The van der Waals surface area contributed by atoms with Crippen LogP contribution < -0.4 is 5.32 Å². The molecule has 0 aliphatic carbocycles. The molecule has 0 amide bonds.